The van der Waals surface area contributed by atoms with Crippen molar-refractivity contribution in [1.29, 1.82) is 0 Å². The minimum absolute atomic E-state index is 0.211. The lowest BCUT2D eigenvalue weighted by atomic mass is 9.78. The van der Waals surface area contributed by atoms with E-state index >= 15 is 0 Å². The van der Waals surface area contributed by atoms with Gasteiger partial charge in [0.05, 0.1) is 0 Å². The second-order valence-corrected chi connectivity index (χ2v) is 9.59. The molecule has 31 heavy (non-hydrogen) atoms. The highest BCUT2D eigenvalue weighted by molar-refractivity contribution is 5.85. The number of aromatic hydroxyl groups is 1. The van der Waals surface area contributed by atoms with Gasteiger partial charge in [-0.15, -0.1) is 0 Å². The number of carbonyl (C=O) groups is 2. The van der Waals surface area contributed by atoms with Gasteiger partial charge in [0.25, 0.3) is 0 Å². The van der Waals surface area contributed by atoms with Crippen LogP contribution in [0.4, 0.5) is 0 Å². The summed E-state index contributed by atoms with van der Waals surface area (Å²) in [6.07, 6.45) is 3.86. The molecule has 2 aromatic carbocycles. The van der Waals surface area contributed by atoms with Crippen molar-refractivity contribution in [3.8, 4) is 5.75 Å². The molecule has 5 nitrogen and oxygen atoms in total. The number of hydrogen-bond donors (Lipinski definition) is 3. The highest BCUT2D eigenvalue weighted by Gasteiger charge is 2.26. The zero-order valence-electron chi connectivity index (χ0n) is 19.4. The van der Waals surface area contributed by atoms with E-state index in [0.29, 0.717) is 12.2 Å². The number of benzene rings is 2. The number of amides is 1. The van der Waals surface area contributed by atoms with Crippen molar-refractivity contribution in [3.05, 3.63) is 70.8 Å². The van der Waals surface area contributed by atoms with E-state index < -0.39 is 5.97 Å². The van der Waals surface area contributed by atoms with Gasteiger partial charge in [0.2, 0.25) is 5.91 Å². The number of carboxylic acid groups (broad SMARTS) is 1. The Labute approximate surface area is 185 Å². The third kappa shape index (κ3) is 9.08. The summed E-state index contributed by atoms with van der Waals surface area (Å²) in [5.41, 5.74) is 8.19. The minimum Gasteiger partial charge on any atom is -0.507 e. The lowest BCUT2D eigenvalue weighted by Crippen LogP contribution is -2.17. The van der Waals surface area contributed by atoms with Gasteiger partial charge in [-0.2, -0.15) is 0 Å². The third-order valence-corrected chi connectivity index (χ3v) is 4.67. The van der Waals surface area contributed by atoms with Crippen molar-refractivity contribution in [1.82, 2.24) is 0 Å². The van der Waals surface area contributed by atoms with Crippen LogP contribution in [0.2, 0.25) is 0 Å². The molecule has 0 aromatic heterocycles. The molecule has 4 N–H and O–H groups in total. The topological polar surface area (TPSA) is 101 Å². The molecule has 2 aromatic rings. The molecular formula is C26H35NO4. The van der Waals surface area contributed by atoms with Gasteiger partial charge in [0.1, 0.15) is 5.75 Å². The van der Waals surface area contributed by atoms with E-state index in [9.17, 15) is 14.7 Å². The van der Waals surface area contributed by atoms with Gasteiger partial charge < -0.3 is 15.9 Å². The van der Waals surface area contributed by atoms with E-state index in [0.717, 1.165) is 34.8 Å². The largest absolute Gasteiger partial charge is 0.507 e. The number of phenols is 1. The summed E-state index contributed by atoms with van der Waals surface area (Å²) < 4.78 is 0. The van der Waals surface area contributed by atoms with Crippen molar-refractivity contribution < 1.29 is 19.8 Å². The van der Waals surface area contributed by atoms with Crippen molar-refractivity contribution in [2.24, 2.45) is 5.73 Å². The molecule has 0 fully saturated rings. The maximum atomic E-state index is 10.7. The Morgan fingerprint density at radius 2 is 1.42 bits per heavy atom. The van der Waals surface area contributed by atoms with Crippen molar-refractivity contribution in [3.63, 3.8) is 0 Å². The van der Waals surface area contributed by atoms with Crippen LogP contribution in [0.25, 0.3) is 6.08 Å². The first-order valence-electron chi connectivity index (χ1n) is 10.3. The molecule has 0 atom stereocenters. The second-order valence-electron chi connectivity index (χ2n) is 9.59. The average molecular weight is 426 g/mol. The number of aliphatic carboxylic acids is 1. The summed E-state index contributed by atoms with van der Waals surface area (Å²) in [5.74, 6) is -0.918. The number of rotatable bonds is 5. The summed E-state index contributed by atoms with van der Waals surface area (Å²) >= 11 is 0. The van der Waals surface area contributed by atoms with Crippen LogP contribution in [0.5, 0.6) is 5.75 Å². The molecule has 168 valence electrons. The van der Waals surface area contributed by atoms with E-state index in [1.165, 1.54) is 0 Å². The number of nitrogens with two attached hydrogens (primary N) is 1. The Bertz CT molecular complexity index is 882. The molecule has 0 saturated heterocycles. The number of carbonyl (C=O) groups excluding carboxylic acids is 1. The molecule has 0 radical (unpaired) electrons. The normalized spacial score (nSPS) is 11.7. The highest BCUT2D eigenvalue weighted by Crippen LogP contribution is 2.39. The molecule has 0 heterocycles. The van der Waals surface area contributed by atoms with Crippen LogP contribution in [0.1, 0.15) is 70.2 Å². The zero-order valence-corrected chi connectivity index (χ0v) is 19.4. The van der Waals surface area contributed by atoms with Gasteiger partial charge in [-0.1, -0.05) is 71.9 Å². The molecule has 0 spiro atoms. The summed E-state index contributed by atoms with van der Waals surface area (Å²) in [6, 6.07) is 13.5. The second kappa shape index (κ2) is 10.8. The molecule has 0 aliphatic carbocycles. The molecule has 5 heteroatoms. The standard InChI is InChI=1S/C17H24O3.C9H11NO/c1-16(2,3)12-9-11(7-8-14(18)19)10-13(15(12)20)17(4,5)6;10-9(11)7-6-8-4-2-1-3-5-8/h7-10,20H,1-6H3,(H,18,19);1-5H,6-7H2,(H2,10,11). The first-order chi connectivity index (χ1) is 14.2. The SMILES string of the molecule is CC(C)(C)c1cc(C=CC(=O)O)cc(C(C)(C)C)c1O.NC(=O)CCc1ccccc1. The molecular weight excluding hydrogens is 390 g/mol. The van der Waals surface area contributed by atoms with Crippen LogP contribution >= 0.6 is 0 Å². The van der Waals surface area contributed by atoms with E-state index in [4.69, 9.17) is 10.8 Å². The number of phenolic OH excluding ortho intramolecular Hbond substituents is 1. The molecule has 2 rings (SSSR count). The molecule has 0 saturated carbocycles. The summed E-state index contributed by atoms with van der Waals surface area (Å²) in [7, 11) is 0. The third-order valence-electron chi connectivity index (χ3n) is 4.67. The van der Waals surface area contributed by atoms with Crippen LogP contribution in [0.3, 0.4) is 0 Å². The van der Waals surface area contributed by atoms with E-state index in [-0.39, 0.29) is 16.7 Å². The monoisotopic (exact) mass is 425 g/mol. The fourth-order valence-corrected chi connectivity index (χ4v) is 2.98. The van der Waals surface area contributed by atoms with Gasteiger partial charge in [0.15, 0.2) is 0 Å². The molecule has 1 amide bonds. The number of primary amides is 1. The molecule has 0 unspecified atom stereocenters. The van der Waals surface area contributed by atoms with Gasteiger partial charge in [-0.05, 0) is 46.6 Å². The number of hydrogen-bond acceptors (Lipinski definition) is 3. The zero-order chi connectivity index (χ0) is 23.8. The van der Waals surface area contributed by atoms with Gasteiger partial charge >= 0.3 is 5.97 Å². The Balaban J connectivity index is 0.000000367. The average Bonchev–Trinajstić information content (AvgIpc) is 2.65. The Hall–Kier alpha value is -3.08. The summed E-state index contributed by atoms with van der Waals surface area (Å²) in [4.78, 5) is 21.1. The summed E-state index contributed by atoms with van der Waals surface area (Å²) in [5, 5.41) is 19.3. The molecule has 0 bridgehead atoms. The van der Waals surface area contributed by atoms with Crippen molar-refractivity contribution in [2.75, 3.05) is 0 Å². The smallest absolute Gasteiger partial charge is 0.328 e. The fraction of sp³-hybridized carbons (Fsp3) is 0.385. The Morgan fingerprint density at radius 1 is 0.935 bits per heavy atom. The fourth-order valence-electron chi connectivity index (χ4n) is 2.98. The van der Waals surface area contributed by atoms with E-state index in [1.807, 2.05) is 84.0 Å². The predicted molar refractivity (Wildman–Crippen MR) is 126 cm³/mol. The van der Waals surface area contributed by atoms with Crippen molar-refractivity contribution in [2.45, 2.75) is 65.2 Å². The predicted octanol–water partition coefficient (Wildman–Crippen LogP) is 5.19. The van der Waals surface area contributed by atoms with Crippen LogP contribution in [0.15, 0.2) is 48.5 Å². The summed E-state index contributed by atoms with van der Waals surface area (Å²) in [6.45, 7) is 12.2. The van der Waals surface area contributed by atoms with Crippen LogP contribution in [-0.2, 0) is 26.8 Å². The lowest BCUT2D eigenvalue weighted by molar-refractivity contribution is -0.131. The highest BCUT2D eigenvalue weighted by atomic mass is 16.4. The van der Waals surface area contributed by atoms with Crippen LogP contribution < -0.4 is 5.73 Å². The molecule has 0 aliphatic heterocycles. The van der Waals surface area contributed by atoms with Gasteiger partial charge in [0, 0.05) is 23.6 Å². The van der Waals surface area contributed by atoms with Gasteiger partial charge in [-0.3, -0.25) is 4.79 Å². The molecule has 0 aliphatic rings. The van der Waals surface area contributed by atoms with E-state index in [1.54, 1.807) is 6.08 Å². The quantitative estimate of drug-likeness (QED) is 0.574. The van der Waals surface area contributed by atoms with Gasteiger partial charge in [-0.25, -0.2) is 4.79 Å². The lowest BCUT2D eigenvalue weighted by Gasteiger charge is -2.27. The first kappa shape index (κ1) is 26.0. The van der Waals surface area contributed by atoms with Crippen LogP contribution in [-0.4, -0.2) is 22.1 Å². The Kier molecular flexibility index (Phi) is 9.04. The minimum atomic E-state index is -0.979. The number of carboxylic acids is 1. The maximum absolute atomic E-state index is 10.7. The first-order valence-corrected chi connectivity index (χ1v) is 10.3. The number of aryl methyl sites for hydroxylation is 1. The Morgan fingerprint density at radius 3 is 1.81 bits per heavy atom. The van der Waals surface area contributed by atoms with Crippen molar-refractivity contribution >= 4 is 18.0 Å². The van der Waals surface area contributed by atoms with E-state index in [2.05, 4.69) is 0 Å². The van der Waals surface area contributed by atoms with Crippen LogP contribution in [0, 0.1) is 0 Å². The maximum Gasteiger partial charge on any atom is 0.328 e.